The minimum absolute atomic E-state index is 0.275. The second kappa shape index (κ2) is 6.59. The minimum Gasteiger partial charge on any atom is -0.478 e. The van der Waals surface area contributed by atoms with Crippen molar-refractivity contribution in [2.75, 3.05) is 24.7 Å². The van der Waals surface area contributed by atoms with E-state index in [1.807, 2.05) is 25.1 Å². The van der Waals surface area contributed by atoms with Crippen LogP contribution in [0.2, 0.25) is 0 Å². The Morgan fingerprint density at radius 1 is 1.50 bits per heavy atom. The first-order chi connectivity index (χ1) is 8.85. The Balaban J connectivity index is 2.06. The van der Waals surface area contributed by atoms with Crippen LogP contribution in [-0.4, -0.2) is 35.9 Å². The first-order valence-electron chi connectivity index (χ1n) is 6.82. The molecule has 0 saturated carbocycles. The van der Waals surface area contributed by atoms with Crippen molar-refractivity contribution in [3.63, 3.8) is 0 Å². The van der Waals surface area contributed by atoms with Gasteiger partial charge >= 0.3 is 0 Å². The topological polar surface area (TPSA) is 45.6 Å². The molecule has 1 aromatic heterocycles. The van der Waals surface area contributed by atoms with Gasteiger partial charge in [0.1, 0.15) is 5.82 Å². The maximum absolute atomic E-state index is 8.94. The van der Waals surface area contributed by atoms with E-state index in [0.717, 1.165) is 25.2 Å². The number of nitrogens with zero attached hydrogens (tertiary/aromatic N) is 2. The van der Waals surface area contributed by atoms with Crippen molar-refractivity contribution >= 4 is 5.82 Å². The van der Waals surface area contributed by atoms with Gasteiger partial charge in [-0.25, -0.2) is 0 Å². The number of aliphatic hydroxyl groups excluding tert-OH is 1. The Labute approximate surface area is 109 Å². The number of aromatic nitrogens is 1. The molecule has 0 aromatic carbocycles. The molecular formula is C14H22N2O2. The zero-order valence-electron chi connectivity index (χ0n) is 11.0. The number of hydrogen-bond donors (Lipinski definition) is 1. The summed E-state index contributed by atoms with van der Waals surface area (Å²) >= 11 is 0. The summed E-state index contributed by atoms with van der Waals surface area (Å²) in [6.45, 7) is 3.94. The Bertz CT molecular complexity index is 371. The van der Waals surface area contributed by atoms with Crippen molar-refractivity contribution < 1.29 is 9.84 Å². The van der Waals surface area contributed by atoms with Gasteiger partial charge in [-0.2, -0.15) is 4.98 Å². The van der Waals surface area contributed by atoms with E-state index in [-0.39, 0.29) is 6.61 Å². The van der Waals surface area contributed by atoms with Crippen LogP contribution in [-0.2, 0) is 0 Å². The highest BCUT2D eigenvalue weighted by atomic mass is 16.5. The van der Waals surface area contributed by atoms with Gasteiger partial charge in [-0.3, -0.25) is 0 Å². The molecule has 1 saturated heterocycles. The van der Waals surface area contributed by atoms with Crippen LogP contribution in [0.25, 0.3) is 0 Å². The number of hydrogen-bond acceptors (Lipinski definition) is 4. The van der Waals surface area contributed by atoms with E-state index in [2.05, 4.69) is 9.88 Å². The normalized spacial score (nSPS) is 19.2. The molecule has 0 spiro atoms. The van der Waals surface area contributed by atoms with E-state index in [4.69, 9.17) is 9.84 Å². The fourth-order valence-electron chi connectivity index (χ4n) is 2.56. The zero-order valence-corrected chi connectivity index (χ0v) is 11.0. The average molecular weight is 250 g/mol. The summed E-state index contributed by atoms with van der Waals surface area (Å²) in [6.07, 6.45) is 4.31. The number of pyridine rings is 1. The van der Waals surface area contributed by atoms with Crippen molar-refractivity contribution in [3.8, 4) is 5.88 Å². The molecule has 2 heterocycles. The maximum atomic E-state index is 8.94. The third-order valence-corrected chi connectivity index (χ3v) is 3.37. The molecule has 100 valence electrons. The predicted octanol–water partition coefficient (Wildman–Crippen LogP) is 2.22. The first kappa shape index (κ1) is 13.1. The highest BCUT2D eigenvalue weighted by Crippen LogP contribution is 2.27. The van der Waals surface area contributed by atoms with Crippen LogP contribution < -0.4 is 9.64 Å². The van der Waals surface area contributed by atoms with Gasteiger partial charge in [0.25, 0.3) is 0 Å². The van der Waals surface area contributed by atoms with Crippen molar-refractivity contribution in [2.45, 2.75) is 38.6 Å². The molecule has 1 atom stereocenters. The predicted molar refractivity (Wildman–Crippen MR) is 72.1 cm³/mol. The number of ether oxygens (including phenoxy) is 1. The summed E-state index contributed by atoms with van der Waals surface area (Å²) in [7, 11) is 0. The third kappa shape index (κ3) is 3.13. The summed E-state index contributed by atoms with van der Waals surface area (Å²) in [6, 6.07) is 6.45. The van der Waals surface area contributed by atoms with Gasteiger partial charge in [0, 0.05) is 25.3 Å². The average Bonchev–Trinajstić information content (AvgIpc) is 2.85. The van der Waals surface area contributed by atoms with Gasteiger partial charge < -0.3 is 14.7 Å². The summed E-state index contributed by atoms with van der Waals surface area (Å²) in [5, 5.41) is 8.94. The van der Waals surface area contributed by atoms with Crippen LogP contribution in [0.3, 0.4) is 0 Å². The minimum atomic E-state index is 0.275. The largest absolute Gasteiger partial charge is 0.478 e. The second-order valence-corrected chi connectivity index (χ2v) is 4.62. The molecular weight excluding hydrogens is 228 g/mol. The maximum Gasteiger partial charge on any atom is 0.215 e. The molecule has 1 fully saturated rings. The molecule has 1 aliphatic rings. The molecule has 2 rings (SSSR count). The van der Waals surface area contributed by atoms with Crippen molar-refractivity contribution in [1.29, 1.82) is 0 Å². The molecule has 0 radical (unpaired) electrons. The standard InChI is InChI=1S/C14H22N2O2/c1-2-18-14-9-3-8-13(15-14)16-10-4-6-12(16)7-5-11-17/h3,8-9,12,17H,2,4-7,10-11H2,1H3. The van der Waals surface area contributed by atoms with Crippen LogP contribution in [0.4, 0.5) is 5.82 Å². The molecule has 4 nitrogen and oxygen atoms in total. The van der Waals surface area contributed by atoms with Gasteiger partial charge in [0.05, 0.1) is 6.61 Å². The van der Waals surface area contributed by atoms with E-state index in [0.29, 0.717) is 18.5 Å². The smallest absolute Gasteiger partial charge is 0.215 e. The monoisotopic (exact) mass is 250 g/mol. The number of anilines is 1. The molecule has 1 aliphatic heterocycles. The summed E-state index contributed by atoms with van der Waals surface area (Å²) in [5.41, 5.74) is 0. The number of rotatable bonds is 6. The zero-order chi connectivity index (χ0) is 12.8. The van der Waals surface area contributed by atoms with Crippen LogP contribution in [0.1, 0.15) is 32.6 Å². The number of aliphatic hydroxyl groups is 1. The third-order valence-electron chi connectivity index (χ3n) is 3.37. The Hall–Kier alpha value is -1.29. The molecule has 0 bridgehead atoms. The highest BCUT2D eigenvalue weighted by Gasteiger charge is 2.25. The van der Waals surface area contributed by atoms with E-state index < -0.39 is 0 Å². The van der Waals surface area contributed by atoms with Crippen LogP contribution in [0.5, 0.6) is 5.88 Å². The Morgan fingerprint density at radius 3 is 3.17 bits per heavy atom. The van der Waals surface area contributed by atoms with Gasteiger partial charge in [0.2, 0.25) is 5.88 Å². The fraction of sp³-hybridized carbons (Fsp3) is 0.643. The van der Waals surface area contributed by atoms with Crippen molar-refractivity contribution in [2.24, 2.45) is 0 Å². The lowest BCUT2D eigenvalue weighted by Crippen LogP contribution is -2.30. The Kier molecular flexibility index (Phi) is 4.81. The van der Waals surface area contributed by atoms with Crippen LogP contribution in [0, 0.1) is 0 Å². The SMILES string of the molecule is CCOc1cccc(N2CCCC2CCCO)n1. The van der Waals surface area contributed by atoms with E-state index in [1.165, 1.54) is 12.8 Å². The summed E-state index contributed by atoms with van der Waals surface area (Å²) < 4.78 is 5.44. The van der Waals surface area contributed by atoms with Crippen molar-refractivity contribution in [1.82, 2.24) is 4.98 Å². The van der Waals surface area contributed by atoms with E-state index in [1.54, 1.807) is 0 Å². The summed E-state index contributed by atoms with van der Waals surface area (Å²) in [5.74, 6) is 1.70. The van der Waals surface area contributed by atoms with Crippen LogP contribution in [0.15, 0.2) is 18.2 Å². The van der Waals surface area contributed by atoms with E-state index >= 15 is 0 Å². The van der Waals surface area contributed by atoms with Gasteiger partial charge in [-0.15, -0.1) is 0 Å². The van der Waals surface area contributed by atoms with Gasteiger partial charge in [0.15, 0.2) is 0 Å². The molecule has 4 heteroatoms. The second-order valence-electron chi connectivity index (χ2n) is 4.62. The lowest BCUT2D eigenvalue weighted by atomic mass is 10.1. The molecule has 1 unspecified atom stereocenters. The lowest BCUT2D eigenvalue weighted by Gasteiger charge is -2.25. The van der Waals surface area contributed by atoms with Gasteiger partial charge in [-0.1, -0.05) is 6.07 Å². The highest BCUT2D eigenvalue weighted by molar-refractivity contribution is 5.43. The first-order valence-corrected chi connectivity index (χ1v) is 6.82. The molecule has 1 aromatic rings. The molecule has 1 N–H and O–H groups in total. The summed E-state index contributed by atoms with van der Waals surface area (Å²) in [4.78, 5) is 6.89. The molecule has 0 aliphatic carbocycles. The van der Waals surface area contributed by atoms with Crippen molar-refractivity contribution in [3.05, 3.63) is 18.2 Å². The molecule has 18 heavy (non-hydrogen) atoms. The Morgan fingerprint density at radius 2 is 2.39 bits per heavy atom. The van der Waals surface area contributed by atoms with E-state index in [9.17, 15) is 0 Å². The van der Waals surface area contributed by atoms with Crippen LogP contribution >= 0.6 is 0 Å². The fourth-order valence-corrected chi connectivity index (χ4v) is 2.56. The molecule has 0 amide bonds. The quantitative estimate of drug-likeness (QED) is 0.841. The van der Waals surface area contributed by atoms with Gasteiger partial charge in [-0.05, 0) is 38.7 Å². The lowest BCUT2D eigenvalue weighted by molar-refractivity contribution is 0.279.